The molecule has 3 rings (SSSR count). The maximum absolute atomic E-state index is 13.1. The van der Waals surface area contributed by atoms with Crippen LogP contribution in [0.4, 0.5) is 14.9 Å². The van der Waals surface area contributed by atoms with Crippen LogP contribution in [0.2, 0.25) is 0 Å². The fourth-order valence-corrected chi connectivity index (χ4v) is 4.10. The zero-order valence-electron chi connectivity index (χ0n) is 18.7. The van der Waals surface area contributed by atoms with Crippen molar-refractivity contribution in [3.63, 3.8) is 0 Å². The van der Waals surface area contributed by atoms with Gasteiger partial charge in [0.15, 0.2) is 5.78 Å². The molecule has 0 radical (unpaired) electrons. The molecule has 1 heterocycles. The van der Waals surface area contributed by atoms with Gasteiger partial charge in [-0.2, -0.15) is 0 Å². The molecule has 1 fully saturated rings. The van der Waals surface area contributed by atoms with E-state index < -0.39 is 11.6 Å². The van der Waals surface area contributed by atoms with Crippen LogP contribution in [-0.2, 0) is 6.42 Å². The number of nitrogens with one attached hydrogen (secondary N) is 2. The first-order valence-electron chi connectivity index (χ1n) is 11.1. The van der Waals surface area contributed by atoms with E-state index >= 15 is 0 Å². The van der Waals surface area contributed by atoms with Crippen molar-refractivity contribution in [3.05, 3.63) is 65.5 Å². The van der Waals surface area contributed by atoms with E-state index in [1.54, 1.807) is 31.2 Å². The van der Waals surface area contributed by atoms with Crippen LogP contribution in [0, 0.1) is 11.7 Å². The lowest BCUT2D eigenvalue weighted by Crippen LogP contribution is -2.51. The average Bonchev–Trinajstić information content (AvgIpc) is 2.75. The Bertz CT molecular complexity index is 922. The molecule has 0 spiro atoms. The van der Waals surface area contributed by atoms with Crippen molar-refractivity contribution < 1.29 is 19.1 Å². The number of ketones is 1. The number of likely N-dealkylation sites (tertiary alicyclic amines) is 1. The first kappa shape index (κ1) is 23.9. The van der Waals surface area contributed by atoms with Gasteiger partial charge in [0.1, 0.15) is 5.82 Å². The Hall–Kier alpha value is -2.77. The number of nitrogens with zero attached hydrogens (tertiary/aromatic N) is 1. The van der Waals surface area contributed by atoms with E-state index in [4.69, 9.17) is 0 Å². The highest BCUT2D eigenvalue weighted by Crippen LogP contribution is 2.23. The topological polar surface area (TPSA) is 81.7 Å². The smallest absolute Gasteiger partial charge is 0.319 e. The van der Waals surface area contributed by atoms with Crippen LogP contribution in [-0.4, -0.2) is 53.6 Å². The van der Waals surface area contributed by atoms with Crippen LogP contribution in [0.3, 0.4) is 0 Å². The number of hydrogen-bond acceptors (Lipinski definition) is 4. The number of halogens is 1. The summed E-state index contributed by atoms with van der Waals surface area (Å²) in [4.78, 5) is 25.9. The number of anilines is 1. The van der Waals surface area contributed by atoms with Gasteiger partial charge < -0.3 is 20.6 Å². The molecule has 32 heavy (non-hydrogen) atoms. The van der Waals surface area contributed by atoms with E-state index in [1.165, 1.54) is 19.1 Å². The fraction of sp³-hybridized carbons (Fsp3) is 0.440. The number of amides is 2. The lowest BCUT2D eigenvalue weighted by molar-refractivity contribution is 0.0122. The molecule has 2 aromatic carbocycles. The predicted molar refractivity (Wildman–Crippen MR) is 123 cm³/mol. The normalized spacial score (nSPS) is 16.9. The molecule has 1 aliphatic rings. The van der Waals surface area contributed by atoms with E-state index in [0.717, 1.165) is 37.9 Å². The third-order valence-corrected chi connectivity index (χ3v) is 5.87. The van der Waals surface area contributed by atoms with Crippen LogP contribution >= 0.6 is 0 Å². The molecule has 0 saturated carbocycles. The number of rotatable bonds is 8. The minimum Gasteiger partial charge on any atom is -0.387 e. The van der Waals surface area contributed by atoms with Crippen molar-refractivity contribution in [3.8, 4) is 0 Å². The van der Waals surface area contributed by atoms with E-state index in [0.29, 0.717) is 23.7 Å². The molecule has 3 N–H and O–H groups in total. The monoisotopic (exact) mass is 441 g/mol. The van der Waals surface area contributed by atoms with Gasteiger partial charge in [-0.15, -0.1) is 0 Å². The maximum atomic E-state index is 13.1. The Morgan fingerprint density at radius 1 is 1.16 bits per heavy atom. The number of carbonyl (C=O) groups excluding carboxylic acids is 2. The number of aliphatic hydroxyl groups is 1. The van der Waals surface area contributed by atoms with Crippen LogP contribution < -0.4 is 10.6 Å². The van der Waals surface area contributed by atoms with E-state index in [1.807, 2.05) is 12.1 Å². The molecule has 0 bridgehead atoms. The summed E-state index contributed by atoms with van der Waals surface area (Å²) in [7, 11) is 0. The van der Waals surface area contributed by atoms with E-state index in [-0.39, 0.29) is 18.1 Å². The number of carbonyl (C=O) groups is 2. The van der Waals surface area contributed by atoms with Gasteiger partial charge in [-0.3, -0.25) is 4.79 Å². The van der Waals surface area contributed by atoms with Crippen LogP contribution in [0.5, 0.6) is 0 Å². The summed E-state index contributed by atoms with van der Waals surface area (Å²) < 4.78 is 13.1. The standard InChI is InChI=1S/C25H32FN3O3/c1-18(30)21-4-3-5-23(15-21)28-24(31)27-16-25(2,32)17-29-12-10-20(11-13-29)14-19-6-8-22(26)9-7-19/h3-9,15,20,32H,10-14,16-17H2,1-2H3,(H2,27,28,31)/t25-/m0/s1. The summed E-state index contributed by atoms with van der Waals surface area (Å²) in [5.41, 5.74) is 1.14. The first-order valence-corrected chi connectivity index (χ1v) is 11.1. The number of benzene rings is 2. The molecule has 0 aromatic heterocycles. The van der Waals surface area contributed by atoms with Crippen LogP contribution in [0.25, 0.3) is 0 Å². The van der Waals surface area contributed by atoms with E-state index in [2.05, 4.69) is 15.5 Å². The van der Waals surface area contributed by atoms with Gasteiger partial charge in [-0.25, -0.2) is 9.18 Å². The largest absolute Gasteiger partial charge is 0.387 e. The SMILES string of the molecule is CC(=O)c1cccc(NC(=O)NC[C@](C)(O)CN2CCC(Cc3ccc(F)cc3)CC2)c1. The zero-order chi connectivity index (χ0) is 23.1. The molecular weight excluding hydrogens is 409 g/mol. The molecule has 7 heteroatoms. The Morgan fingerprint density at radius 3 is 2.50 bits per heavy atom. The van der Waals surface area contributed by atoms with Crippen molar-refractivity contribution in [1.29, 1.82) is 0 Å². The Morgan fingerprint density at radius 2 is 1.84 bits per heavy atom. The van der Waals surface area contributed by atoms with Gasteiger partial charge in [0.2, 0.25) is 0 Å². The summed E-state index contributed by atoms with van der Waals surface area (Å²) >= 11 is 0. The quantitative estimate of drug-likeness (QED) is 0.544. The summed E-state index contributed by atoms with van der Waals surface area (Å²) in [6, 6.07) is 13.0. The van der Waals surface area contributed by atoms with Gasteiger partial charge >= 0.3 is 6.03 Å². The highest BCUT2D eigenvalue weighted by Gasteiger charge is 2.28. The molecule has 1 saturated heterocycles. The highest BCUT2D eigenvalue weighted by molar-refractivity contribution is 5.96. The molecule has 1 aliphatic heterocycles. The summed E-state index contributed by atoms with van der Waals surface area (Å²) in [6.07, 6.45) is 2.98. The van der Waals surface area contributed by atoms with Gasteiger partial charge in [-0.1, -0.05) is 24.3 Å². The number of piperidine rings is 1. The van der Waals surface area contributed by atoms with Crippen molar-refractivity contribution in [2.24, 2.45) is 5.92 Å². The fourth-order valence-electron chi connectivity index (χ4n) is 4.10. The second-order valence-corrected chi connectivity index (χ2v) is 8.99. The predicted octanol–water partition coefficient (Wildman–Crippen LogP) is 3.86. The van der Waals surface area contributed by atoms with Crippen molar-refractivity contribution in [1.82, 2.24) is 10.2 Å². The Kier molecular flexibility index (Phi) is 7.99. The lowest BCUT2D eigenvalue weighted by atomic mass is 9.89. The summed E-state index contributed by atoms with van der Waals surface area (Å²) in [6.45, 7) is 5.53. The number of urea groups is 1. The minimum absolute atomic E-state index is 0.0709. The molecule has 6 nitrogen and oxygen atoms in total. The minimum atomic E-state index is -1.07. The first-order chi connectivity index (χ1) is 15.2. The third kappa shape index (κ3) is 7.43. The molecular formula is C25H32FN3O3. The van der Waals surface area contributed by atoms with Crippen molar-refractivity contribution >= 4 is 17.5 Å². The third-order valence-electron chi connectivity index (χ3n) is 5.87. The molecule has 0 aliphatic carbocycles. The van der Waals surface area contributed by atoms with Gasteiger partial charge in [-0.05, 0) is 81.9 Å². The van der Waals surface area contributed by atoms with Gasteiger partial charge in [0, 0.05) is 24.3 Å². The Balaban J connectivity index is 1.40. The van der Waals surface area contributed by atoms with Gasteiger partial charge in [0.25, 0.3) is 0 Å². The highest BCUT2D eigenvalue weighted by atomic mass is 19.1. The molecule has 2 amide bonds. The van der Waals surface area contributed by atoms with E-state index in [9.17, 15) is 19.1 Å². The second kappa shape index (κ2) is 10.7. The second-order valence-electron chi connectivity index (χ2n) is 8.99. The van der Waals surface area contributed by atoms with Gasteiger partial charge in [0.05, 0.1) is 5.60 Å². The van der Waals surface area contributed by atoms with Crippen LogP contribution in [0.15, 0.2) is 48.5 Å². The summed E-state index contributed by atoms with van der Waals surface area (Å²) in [5, 5.41) is 16.2. The summed E-state index contributed by atoms with van der Waals surface area (Å²) in [5.74, 6) is 0.271. The average molecular weight is 442 g/mol. The number of β-amino-alcohol motifs (C(OH)–C–C–N with tert-alkyl or cyclic N) is 1. The maximum Gasteiger partial charge on any atom is 0.319 e. The lowest BCUT2D eigenvalue weighted by Gasteiger charge is -2.36. The van der Waals surface area contributed by atoms with Crippen molar-refractivity contribution in [2.45, 2.75) is 38.7 Å². The Labute approximate surface area is 188 Å². The molecule has 2 aromatic rings. The van der Waals surface area contributed by atoms with Crippen molar-refractivity contribution in [2.75, 3.05) is 31.5 Å². The zero-order valence-corrected chi connectivity index (χ0v) is 18.7. The number of hydrogen-bond donors (Lipinski definition) is 3. The molecule has 0 unspecified atom stereocenters. The van der Waals surface area contributed by atoms with Crippen LogP contribution in [0.1, 0.15) is 42.6 Å². The number of Topliss-reactive ketones (excluding diaryl/α,β-unsaturated/α-hetero) is 1. The molecule has 172 valence electrons. The molecule has 1 atom stereocenters.